The van der Waals surface area contributed by atoms with Crippen LogP contribution in [0.25, 0.3) is 0 Å². The van der Waals surface area contributed by atoms with Crippen LogP contribution in [0, 0.1) is 11.3 Å². The lowest BCUT2D eigenvalue weighted by Gasteiger charge is -2.07. The Morgan fingerprint density at radius 2 is 2.13 bits per heavy atom. The van der Waals surface area contributed by atoms with Crippen molar-refractivity contribution in [3.05, 3.63) is 23.3 Å². The van der Waals surface area contributed by atoms with Crippen molar-refractivity contribution in [1.29, 1.82) is 5.26 Å². The van der Waals surface area contributed by atoms with Crippen LogP contribution < -0.4 is 4.74 Å². The number of aromatic hydroxyl groups is 1. The van der Waals surface area contributed by atoms with Gasteiger partial charge in [0.1, 0.15) is 5.56 Å². The van der Waals surface area contributed by atoms with E-state index in [0.717, 1.165) is 0 Å². The van der Waals surface area contributed by atoms with Gasteiger partial charge in [-0.05, 0) is 6.07 Å². The van der Waals surface area contributed by atoms with E-state index >= 15 is 0 Å². The minimum absolute atomic E-state index is 0.0643. The van der Waals surface area contributed by atoms with Crippen LogP contribution in [-0.2, 0) is 4.74 Å². The molecule has 0 saturated heterocycles. The van der Waals surface area contributed by atoms with Crippen molar-refractivity contribution in [3.63, 3.8) is 0 Å². The molecule has 0 saturated carbocycles. The van der Waals surface area contributed by atoms with Crippen LogP contribution in [0.1, 0.15) is 15.9 Å². The fourth-order valence-electron chi connectivity index (χ4n) is 1.09. The number of phenols is 1. The summed E-state index contributed by atoms with van der Waals surface area (Å²) in [6, 6.07) is 4.42. The topological polar surface area (TPSA) is 79.6 Å². The highest BCUT2D eigenvalue weighted by Crippen LogP contribution is 2.31. The molecule has 1 aromatic rings. The Bertz CT molecular complexity index is 434. The first-order valence-corrected chi connectivity index (χ1v) is 4.03. The molecule has 0 amide bonds. The Morgan fingerprint density at radius 1 is 1.47 bits per heavy atom. The molecule has 1 N–H and O–H groups in total. The molecule has 0 heterocycles. The molecular formula is C10H9NO4. The van der Waals surface area contributed by atoms with Crippen LogP contribution >= 0.6 is 0 Å². The first-order chi connectivity index (χ1) is 7.13. The smallest absolute Gasteiger partial charge is 0.341 e. The predicted octanol–water partition coefficient (Wildman–Crippen LogP) is 1.06. The van der Waals surface area contributed by atoms with Gasteiger partial charge in [0.05, 0.1) is 25.9 Å². The summed E-state index contributed by atoms with van der Waals surface area (Å²) in [5.74, 6) is -0.985. The van der Waals surface area contributed by atoms with Gasteiger partial charge in [0.15, 0.2) is 11.5 Å². The number of esters is 1. The number of rotatable bonds is 2. The molecule has 0 aliphatic rings. The van der Waals surface area contributed by atoms with E-state index < -0.39 is 5.97 Å². The Balaban J connectivity index is 3.38. The summed E-state index contributed by atoms with van der Waals surface area (Å²) in [5.41, 5.74) is 0.124. The third-order valence-electron chi connectivity index (χ3n) is 1.83. The van der Waals surface area contributed by atoms with Crippen LogP contribution in [0.15, 0.2) is 12.1 Å². The predicted molar refractivity (Wildman–Crippen MR) is 50.7 cm³/mol. The van der Waals surface area contributed by atoms with Gasteiger partial charge < -0.3 is 14.6 Å². The normalized spacial score (nSPS) is 9.13. The number of hydrogen-bond acceptors (Lipinski definition) is 5. The Kier molecular flexibility index (Phi) is 3.13. The highest BCUT2D eigenvalue weighted by molar-refractivity contribution is 5.93. The highest BCUT2D eigenvalue weighted by atomic mass is 16.5. The van der Waals surface area contributed by atoms with Gasteiger partial charge in [-0.3, -0.25) is 0 Å². The van der Waals surface area contributed by atoms with Crippen LogP contribution in [0.3, 0.4) is 0 Å². The molecule has 0 bridgehead atoms. The van der Waals surface area contributed by atoms with Crippen molar-refractivity contribution in [2.24, 2.45) is 0 Å². The van der Waals surface area contributed by atoms with Crippen molar-refractivity contribution >= 4 is 5.97 Å². The molecular weight excluding hydrogens is 198 g/mol. The van der Waals surface area contributed by atoms with Gasteiger partial charge in [-0.25, -0.2) is 4.79 Å². The molecule has 0 aliphatic heterocycles. The molecule has 1 aromatic carbocycles. The number of carbonyl (C=O) groups excluding carboxylic acids is 1. The van der Waals surface area contributed by atoms with Crippen molar-refractivity contribution in [2.75, 3.05) is 14.2 Å². The van der Waals surface area contributed by atoms with E-state index in [4.69, 9.17) is 10.00 Å². The largest absolute Gasteiger partial charge is 0.504 e. The minimum Gasteiger partial charge on any atom is -0.504 e. The van der Waals surface area contributed by atoms with Gasteiger partial charge in [-0.2, -0.15) is 5.26 Å². The number of methoxy groups -OCH3 is 2. The number of carbonyl (C=O) groups is 1. The lowest BCUT2D eigenvalue weighted by Crippen LogP contribution is -2.03. The maximum Gasteiger partial charge on any atom is 0.341 e. The lowest BCUT2D eigenvalue weighted by molar-refractivity contribution is 0.0596. The second-order valence-electron chi connectivity index (χ2n) is 2.68. The van der Waals surface area contributed by atoms with E-state index in [1.807, 2.05) is 6.07 Å². The molecule has 15 heavy (non-hydrogen) atoms. The molecule has 0 spiro atoms. The van der Waals surface area contributed by atoms with E-state index in [0.29, 0.717) is 0 Å². The summed E-state index contributed by atoms with van der Waals surface area (Å²) in [6.45, 7) is 0. The first kappa shape index (κ1) is 10.9. The number of ether oxygens (including phenoxy) is 2. The van der Waals surface area contributed by atoms with Gasteiger partial charge in [-0.15, -0.1) is 0 Å². The van der Waals surface area contributed by atoms with E-state index in [9.17, 15) is 9.90 Å². The van der Waals surface area contributed by atoms with E-state index in [1.165, 1.54) is 26.4 Å². The fourth-order valence-corrected chi connectivity index (χ4v) is 1.09. The maximum atomic E-state index is 11.2. The minimum atomic E-state index is -0.720. The molecule has 1 rings (SSSR count). The Morgan fingerprint density at radius 3 is 2.60 bits per heavy atom. The van der Waals surface area contributed by atoms with Gasteiger partial charge in [0.2, 0.25) is 0 Å². The second kappa shape index (κ2) is 4.33. The third kappa shape index (κ3) is 1.99. The van der Waals surface area contributed by atoms with Crippen molar-refractivity contribution in [1.82, 2.24) is 0 Å². The van der Waals surface area contributed by atoms with E-state index in [-0.39, 0.29) is 22.6 Å². The van der Waals surface area contributed by atoms with Gasteiger partial charge in [-0.1, -0.05) is 0 Å². The zero-order valence-electron chi connectivity index (χ0n) is 8.27. The third-order valence-corrected chi connectivity index (χ3v) is 1.83. The Hall–Kier alpha value is -2.22. The van der Waals surface area contributed by atoms with Gasteiger partial charge in [0.25, 0.3) is 0 Å². The standard InChI is InChI=1S/C10H9NO4/c1-14-8-4-6(5-11)3-7(9(8)12)10(13)15-2/h3-4,12H,1-2H3. The highest BCUT2D eigenvalue weighted by Gasteiger charge is 2.17. The van der Waals surface area contributed by atoms with Gasteiger partial charge in [0, 0.05) is 6.07 Å². The van der Waals surface area contributed by atoms with Crippen LogP contribution in [0.5, 0.6) is 11.5 Å². The fraction of sp³-hybridized carbons (Fsp3) is 0.200. The second-order valence-corrected chi connectivity index (χ2v) is 2.68. The molecule has 0 aliphatic carbocycles. The van der Waals surface area contributed by atoms with Crippen LogP contribution in [0.2, 0.25) is 0 Å². The number of benzene rings is 1. The average molecular weight is 207 g/mol. The summed E-state index contributed by atoms with van der Waals surface area (Å²) in [7, 11) is 2.52. The number of nitrogens with zero attached hydrogens (tertiary/aromatic N) is 1. The van der Waals surface area contributed by atoms with Crippen molar-refractivity contribution < 1.29 is 19.4 Å². The molecule has 0 atom stereocenters. The van der Waals surface area contributed by atoms with Crippen molar-refractivity contribution in [3.8, 4) is 17.6 Å². The summed E-state index contributed by atoms with van der Waals surface area (Å²) >= 11 is 0. The molecule has 5 heteroatoms. The van der Waals surface area contributed by atoms with Gasteiger partial charge >= 0.3 is 5.97 Å². The van der Waals surface area contributed by atoms with E-state index in [2.05, 4.69) is 4.74 Å². The molecule has 0 radical (unpaired) electrons. The number of hydrogen-bond donors (Lipinski definition) is 1. The summed E-state index contributed by atoms with van der Waals surface area (Å²) in [6.07, 6.45) is 0. The lowest BCUT2D eigenvalue weighted by atomic mass is 10.1. The SMILES string of the molecule is COC(=O)c1cc(C#N)cc(OC)c1O. The number of nitriles is 1. The zero-order valence-corrected chi connectivity index (χ0v) is 8.27. The molecule has 5 nitrogen and oxygen atoms in total. The summed E-state index contributed by atoms with van der Waals surface area (Å²) in [5, 5.41) is 18.3. The molecule has 0 aromatic heterocycles. The van der Waals surface area contributed by atoms with Crippen LogP contribution in [-0.4, -0.2) is 25.3 Å². The van der Waals surface area contributed by atoms with Crippen molar-refractivity contribution in [2.45, 2.75) is 0 Å². The first-order valence-electron chi connectivity index (χ1n) is 4.03. The zero-order chi connectivity index (χ0) is 11.4. The van der Waals surface area contributed by atoms with Crippen LogP contribution in [0.4, 0.5) is 0 Å². The quantitative estimate of drug-likeness (QED) is 0.733. The monoisotopic (exact) mass is 207 g/mol. The summed E-state index contributed by atoms with van der Waals surface area (Å²) in [4.78, 5) is 11.2. The molecule has 0 fully saturated rings. The Labute approximate surface area is 86.5 Å². The molecule has 78 valence electrons. The summed E-state index contributed by atoms with van der Waals surface area (Å²) < 4.78 is 9.27. The number of phenolic OH excluding ortho intramolecular Hbond substituents is 1. The van der Waals surface area contributed by atoms with E-state index in [1.54, 1.807) is 0 Å². The average Bonchev–Trinajstić information content (AvgIpc) is 2.28. The molecule has 0 unspecified atom stereocenters. The maximum absolute atomic E-state index is 11.2.